The van der Waals surface area contributed by atoms with E-state index in [1.807, 2.05) is 30.3 Å². The Labute approximate surface area is 150 Å². The zero-order valence-corrected chi connectivity index (χ0v) is 14.2. The molecule has 4 amide bonds. The van der Waals surface area contributed by atoms with E-state index in [-0.39, 0.29) is 6.54 Å². The number of rotatable bonds is 5. The maximum absolute atomic E-state index is 13.1. The van der Waals surface area contributed by atoms with Gasteiger partial charge >= 0.3 is 6.03 Å². The largest absolute Gasteiger partial charge is 0.350 e. The zero-order chi connectivity index (χ0) is 18.7. The van der Waals surface area contributed by atoms with Gasteiger partial charge in [-0.05, 0) is 30.2 Å². The van der Waals surface area contributed by atoms with Crippen molar-refractivity contribution in [2.45, 2.75) is 19.0 Å². The number of halogens is 1. The molecule has 0 bridgehead atoms. The van der Waals surface area contributed by atoms with Crippen LogP contribution in [0.5, 0.6) is 0 Å². The van der Waals surface area contributed by atoms with Gasteiger partial charge in [0.1, 0.15) is 17.9 Å². The third-order valence-electron chi connectivity index (χ3n) is 4.33. The van der Waals surface area contributed by atoms with Gasteiger partial charge in [-0.1, -0.05) is 42.5 Å². The van der Waals surface area contributed by atoms with Crippen molar-refractivity contribution in [2.75, 3.05) is 6.54 Å². The molecular weight excluding hydrogens is 337 g/mol. The van der Waals surface area contributed by atoms with E-state index in [9.17, 15) is 18.8 Å². The first-order valence-electron chi connectivity index (χ1n) is 8.11. The highest BCUT2D eigenvalue weighted by atomic mass is 19.1. The second-order valence-electron chi connectivity index (χ2n) is 6.22. The van der Waals surface area contributed by atoms with Crippen molar-refractivity contribution in [1.29, 1.82) is 0 Å². The standard InChI is InChI=1S/C19H18FN3O3/c1-19(14-7-9-15(20)10-8-14)17(25)23(18(26)22-19)12-16(24)21-11-13-5-3-2-4-6-13/h2-10H,11-12H2,1H3,(H,21,24)(H,22,26). The van der Waals surface area contributed by atoms with E-state index in [1.54, 1.807) is 0 Å². The first-order valence-corrected chi connectivity index (χ1v) is 8.11. The highest BCUT2D eigenvalue weighted by Gasteiger charge is 2.49. The Morgan fingerprint density at radius 3 is 2.42 bits per heavy atom. The van der Waals surface area contributed by atoms with Crippen molar-refractivity contribution >= 4 is 17.8 Å². The number of carbonyl (C=O) groups is 3. The fourth-order valence-corrected chi connectivity index (χ4v) is 2.82. The van der Waals surface area contributed by atoms with Gasteiger partial charge in [0.15, 0.2) is 0 Å². The number of hydrogen-bond acceptors (Lipinski definition) is 3. The van der Waals surface area contributed by atoms with Crippen LogP contribution in [0.4, 0.5) is 9.18 Å². The first kappa shape index (κ1) is 17.6. The topological polar surface area (TPSA) is 78.5 Å². The number of amides is 4. The van der Waals surface area contributed by atoms with Crippen molar-refractivity contribution < 1.29 is 18.8 Å². The number of nitrogens with zero attached hydrogens (tertiary/aromatic N) is 1. The van der Waals surface area contributed by atoms with Crippen molar-refractivity contribution in [2.24, 2.45) is 0 Å². The van der Waals surface area contributed by atoms with Gasteiger partial charge in [0.05, 0.1) is 0 Å². The molecule has 1 saturated heterocycles. The molecule has 0 aliphatic carbocycles. The van der Waals surface area contributed by atoms with Crippen LogP contribution in [-0.4, -0.2) is 29.3 Å². The molecule has 7 heteroatoms. The molecule has 0 aromatic heterocycles. The van der Waals surface area contributed by atoms with Crippen LogP contribution in [0.15, 0.2) is 54.6 Å². The third kappa shape index (κ3) is 3.42. The molecular formula is C19H18FN3O3. The summed E-state index contributed by atoms with van der Waals surface area (Å²) in [6.45, 7) is 1.45. The maximum Gasteiger partial charge on any atom is 0.325 e. The average Bonchev–Trinajstić information content (AvgIpc) is 2.85. The van der Waals surface area contributed by atoms with Gasteiger partial charge in [-0.3, -0.25) is 14.5 Å². The maximum atomic E-state index is 13.1. The van der Waals surface area contributed by atoms with Gasteiger partial charge in [0.25, 0.3) is 5.91 Å². The lowest BCUT2D eigenvalue weighted by Crippen LogP contribution is -2.43. The van der Waals surface area contributed by atoms with Crippen molar-refractivity contribution in [3.05, 3.63) is 71.5 Å². The number of imide groups is 1. The second kappa shape index (κ2) is 6.95. The van der Waals surface area contributed by atoms with Gasteiger partial charge < -0.3 is 10.6 Å². The van der Waals surface area contributed by atoms with Crippen LogP contribution >= 0.6 is 0 Å². The highest BCUT2D eigenvalue weighted by Crippen LogP contribution is 2.28. The van der Waals surface area contributed by atoms with Crippen molar-refractivity contribution in [3.63, 3.8) is 0 Å². The smallest absolute Gasteiger partial charge is 0.325 e. The minimum atomic E-state index is -1.33. The molecule has 1 aliphatic heterocycles. The predicted molar refractivity (Wildman–Crippen MR) is 92.3 cm³/mol. The van der Waals surface area contributed by atoms with E-state index in [0.29, 0.717) is 12.1 Å². The number of urea groups is 1. The number of nitrogens with one attached hydrogen (secondary N) is 2. The summed E-state index contributed by atoms with van der Waals surface area (Å²) >= 11 is 0. The molecule has 1 heterocycles. The van der Waals surface area contributed by atoms with Gasteiger partial charge in [-0.2, -0.15) is 0 Å². The Morgan fingerprint density at radius 2 is 1.77 bits per heavy atom. The van der Waals surface area contributed by atoms with E-state index in [4.69, 9.17) is 0 Å². The Morgan fingerprint density at radius 1 is 1.12 bits per heavy atom. The number of carbonyl (C=O) groups excluding carboxylic acids is 3. The molecule has 2 aromatic carbocycles. The molecule has 0 saturated carbocycles. The lowest BCUT2D eigenvalue weighted by atomic mass is 9.92. The highest BCUT2D eigenvalue weighted by molar-refractivity contribution is 6.09. The van der Waals surface area contributed by atoms with Crippen LogP contribution in [0.3, 0.4) is 0 Å². The lowest BCUT2D eigenvalue weighted by Gasteiger charge is -2.22. The summed E-state index contributed by atoms with van der Waals surface area (Å²) in [5.74, 6) is -1.43. The quantitative estimate of drug-likeness (QED) is 0.804. The fourth-order valence-electron chi connectivity index (χ4n) is 2.82. The van der Waals surface area contributed by atoms with Gasteiger partial charge in [0.2, 0.25) is 5.91 Å². The summed E-state index contributed by atoms with van der Waals surface area (Å²) in [4.78, 5) is 37.9. The van der Waals surface area contributed by atoms with E-state index >= 15 is 0 Å². The van der Waals surface area contributed by atoms with Crippen molar-refractivity contribution in [3.8, 4) is 0 Å². The summed E-state index contributed by atoms with van der Waals surface area (Å²) in [6.07, 6.45) is 0. The minimum Gasteiger partial charge on any atom is -0.350 e. The normalized spacial score (nSPS) is 19.4. The van der Waals surface area contributed by atoms with E-state index in [0.717, 1.165) is 10.5 Å². The molecule has 2 N–H and O–H groups in total. The molecule has 1 fully saturated rings. The van der Waals surface area contributed by atoms with E-state index < -0.39 is 29.2 Å². The number of benzene rings is 2. The molecule has 6 nitrogen and oxygen atoms in total. The molecule has 134 valence electrons. The van der Waals surface area contributed by atoms with Gasteiger partial charge in [-0.25, -0.2) is 9.18 Å². The SMILES string of the molecule is CC1(c2ccc(F)cc2)NC(=O)N(CC(=O)NCc2ccccc2)C1=O. The van der Waals surface area contributed by atoms with Crippen LogP contribution in [0.2, 0.25) is 0 Å². The molecule has 1 aliphatic rings. The van der Waals surface area contributed by atoms with Gasteiger partial charge in [-0.15, -0.1) is 0 Å². The molecule has 3 rings (SSSR count). The summed E-state index contributed by atoms with van der Waals surface area (Å²) in [5.41, 5.74) is 0.0310. The number of hydrogen-bond donors (Lipinski definition) is 2. The van der Waals surface area contributed by atoms with Gasteiger partial charge in [0, 0.05) is 6.54 Å². The summed E-state index contributed by atoms with van der Waals surface area (Å²) in [7, 11) is 0. The third-order valence-corrected chi connectivity index (χ3v) is 4.33. The first-order chi connectivity index (χ1) is 12.4. The molecule has 2 aromatic rings. The molecule has 1 atom stereocenters. The Balaban J connectivity index is 1.67. The van der Waals surface area contributed by atoms with Crippen LogP contribution in [0, 0.1) is 5.82 Å². The Hall–Kier alpha value is -3.22. The molecule has 1 unspecified atom stereocenters. The Kier molecular flexibility index (Phi) is 4.71. The molecule has 26 heavy (non-hydrogen) atoms. The van der Waals surface area contributed by atoms with Crippen LogP contribution in [0.25, 0.3) is 0 Å². The summed E-state index contributed by atoms with van der Waals surface area (Å²) in [5, 5.41) is 5.26. The minimum absolute atomic E-state index is 0.304. The van der Waals surface area contributed by atoms with Crippen molar-refractivity contribution in [1.82, 2.24) is 15.5 Å². The summed E-state index contributed by atoms with van der Waals surface area (Å²) < 4.78 is 13.1. The molecule has 0 spiro atoms. The lowest BCUT2D eigenvalue weighted by molar-refractivity contribution is -0.134. The van der Waals surface area contributed by atoms with Crippen LogP contribution in [-0.2, 0) is 21.7 Å². The van der Waals surface area contributed by atoms with Crippen LogP contribution in [0.1, 0.15) is 18.1 Å². The zero-order valence-electron chi connectivity index (χ0n) is 14.2. The summed E-state index contributed by atoms with van der Waals surface area (Å²) in [6, 6.07) is 14.0. The average molecular weight is 355 g/mol. The van der Waals surface area contributed by atoms with E-state index in [1.165, 1.54) is 31.2 Å². The van der Waals surface area contributed by atoms with Crippen LogP contribution < -0.4 is 10.6 Å². The van der Waals surface area contributed by atoms with E-state index in [2.05, 4.69) is 10.6 Å². The predicted octanol–water partition coefficient (Wildman–Crippen LogP) is 1.91. The fraction of sp³-hybridized carbons (Fsp3) is 0.211. The Bertz CT molecular complexity index is 839. The monoisotopic (exact) mass is 355 g/mol. The molecule has 0 radical (unpaired) electrons. The second-order valence-corrected chi connectivity index (χ2v) is 6.22.